The Morgan fingerprint density at radius 2 is 2.20 bits per heavy atom. The third-order valence-corrected chi connectivity index (χ3v) is 3.68. The molecule has 0 aliphatic carbocycles. The van der Waals surface area contributed by atoms with Crippen molar-refractivity contribution in [2.45, 2.75) is 19.5 Å². The summed E-state index contributed by atoms with van der Waals surface area (Å²) in [6, 6.07) is 8.01. The van der Waals surface area contributed by atoms with Gasteiger partial charge in [-0.1, -0.05) is 17.9 Å². The molecule has 0 bridgehead atoms. The zero-order valence-corrected chi connectivity index (χ0v) is 12.4. The Labute approximate surface area is 123 Å². The predicted molar refractivity (Wildman–Crippen MR) is 82.3 cm³/mol. The highest BCUT2D eigenvalue weighted by Gasteiger charge is 2.07. The van der Waals surface area contributed by atoms with Crippen molar-refractivity contribution in [3.63, 3.8) is 0 Å². The lowest BCUT2D eigenvalue weighted by molar-refractivity contribution is 0.305. The summed E-state index contributed by atoms with van der Waals surface area (Å²) in [7, 11) is 2.08. The molecule has 0 aliphatic rings. The van der Waals surface area contributed by atoms with Crippen LogP contribution in [0.1, 0.15) is 22.6 Å². The van der Waals surface area contributed by atoms with Gasteiger partial charge >= 0.3 is 0 Å². The van der Waals surface area contributed by atoms with Crippen LogP contribution in [-0.2, 0) is 13.1 Å². The minimum atomic E-state index is 0.117. The van der Waals surface area contributed by atoms with Gasteiger partial charge in [0.2, 0.25) is 0 Å². The van der Waals surface area contributed by atoms with Gasteiger partial charge in [0, 0.05) is 36.1 Å². The summed E-state index contributed by atoms with van der Waals surface area (Å²) in [5.41, 5.74) is 2.13. The standard InChI is InChI=1S/C16H18N2OS/c1-18(12-15-7-2-4-9-17-15)13-16-14(8-11-20-16)6-3-5-10-19/h2,4,7-9,11,19H,5,10,12-13H2,1H3. The van der Waals surface area contributed by atoms with Crippen LogP contribution in [0.4, 0.5) is 0 Å². The number of aromatic nitrogens is 1. The van der Waals surface area contributed by atoms with Gasteiger partial charge in [0.1, 0.15) is 0 Å². The van der Waals surface area contributed by atoms with Crippen LogP contribution in [-0.4, -0.2) is 28.6 Å². The minimum Gasteiger partial charge on any atom is -0.395 e. The maximum atomic E-state index is 8.76. The lowest BCUT2D eigenvalue weighted by Gasteiger charge is -2.15. The van der Waals surface area contributed by atoms with E-state index in [1.54, 1.807) is 11.3 Å². The summed E-state index contributed by atoms with van der Waals surface area (Å²) in [5, 5.41) is 10.8. The second-order valence-corrected chi connectivity index (χ2v) is 5.53. The molecule has 0 unspecified atom stereocenters. The molecule has 2 aromatic rings. The van der Waals surface area contributed by atoms with Gasteiger partial charge in [-0.3, -0.25) is 9.88 Å². The average Bonchev–Trinajstić information content (AvgIpc) is 2.87. The summed E-state index contributed by atoms with van der Waals surface area (Å²) in [6.07, 6.45) is 2.35. The van der Waals surface area contributed by atoms with E-state index in [0.29, 0.717) is 6.42 Å². The van der Waals surface area contributed by atoms with E-state index in [-0.39, 0.29) is 6.61 Å². The summed E-state index contributed by atoms with van der Waals surface area (Å²) in [6.45, 7) is 1.80. The third kappa shape index (κ3) is 4.46. The van der Waals surface area contributed by atoms with Crippen molar-refractivity contribution < 1.29 is 5.11 Å². The van der Waals surface area contributed by atoms with Crippen LogP contribution in [0.3, 0.4) is 0 Å². The van der Waals surface area contributed by atoms with Crippen molar-refractivity contribution in [3.05, 3.63) is 52.0 Å². The summed E-state index contributed by atoms with van der Waals surface area (Å²) in [4.78, 5) is 7.82. The SMILES string of the molecule is CN(Cc1ccccn1)Cc1sccc1C#CCCO. The molecule has 0 spiro atoms. The van der Waals surface area contributed by atoms with Gasteiger partial charge in [0.05, 0.1) is 12.3 Å². The molecule has 0 radical (unpaired) electrons. The van der Waals surface area contributed by atoms with E-state index in [1.807, 2.05) is 30.5 Å². The number of aliphatic hydroxyl groups is 1. The first-order valence-corrected chi connectivity index (χ1v) is 7.42. The van der Waals surface area contributed by atoms with E-state index in [0.717, 1.165) is 24.3 Å². The molecule has 0 aromatic carbocycles. The highest BCUT2D eigenvalue weighted by Crippen LogP contribution is 2.18. The molecular formula is C16H18N2OS. The zero-order chi connectivity index (χ0) is 14.2. The smallest absolute Gasteiger partial charge is 0.0543 e. The maximum absolute atomic E-state index is 8.76. The van der Waals surface area contributed by atoms with Gasteiger partial charge in [0.15, 0.2) is 0 Å². The molecule has 104 valence electrons. The molecule has 0 aliphatic heterocycles. The summed E-state index contributed by atoms with van der Waals surface area (Å²) in [5.74, 6) is 6.10. The van der Waals surface area contributed by atoms with Crippen molar-refractivity contribution in [1.29, 1.82) is 0 Å². The topological polar surface area (TPSA) is 36.4 Å². The molecular weight excluding hydrogens is 268 g/mol. The number of aliphatic hydroxyl groups excluding tert-OH is 1. The molecule has 0 amide bonds. The molecule has 2 heterocycles. The van der Waals surface area contributed by atoms with Crippen LogP contribution in [0.15, 0.2) is 35.8 Å². The number of hydrogen-bond donors (Lipinski definition) is 1. The molecule has 3 nitrogen and oxygen atoms in total. The number of hydrogen-bond acceptors (Lipinski definition) is 4. The van der Waals surface area contributed by atoms with Crippen molar-refractivity contribution in [3.8, 4) is 11.8 Å². The van der Waals surface area contributed by atoms with Crippen LogP contribution in [0, 0.1) is 11.8 Å². The van der Waals surface area contributed by atoms with Gasteiger partial charge < -0.3 is 5.11 Å². The quantitative estimate of drug-likeness (QED) is 0.858. The van der Waals surface area contributed by atoms with E-state index in [1.165, 1.54) is 4.88 Å². The monoisotopic (exact) mass is 286 g/mol. The fourth-order valence-electron chi connectivity index (χ4n) is 1.86. The fraction of sp³-hybridized carbons (Fsp3) is 0.312. The lowest BCUT2D eigenvalue weighted by atomic mass is 10.2. The molecule has 0 atom stereocenters. The van der Waals surface area contributed by atoms with Gasteiger partial charge in [-0.2, -0.15) is 0 Å². The molecule has 0 saturated carbocycles. The largest absolute Gasteiger partial charge is 0.395 e. The van der Waals surface area contributed by atoms with Crippen molar-refractivity contribution in [1.82, 2.24) is 9.88 Å². The lowest BCUT2D eigenvalue weighted by Crippen LogP contribution is -2.17. The maximum Gasteiger partial charge on any atom is 0.0543 e. The van der Waals surface area contributed by atoms with Gasteiger partial charge in [-0.25, -0.2) is 0 Å². The Bertz CT molecular complexity index is 583. The van der Waals surface area contributed by atoms with Crippen molar-refractivity contribution >= 4 is 11.3 Å². The fourth-order valence-corrected chi connectivity index (χ4v) is 2.77. The number of thiophene rings is 1. The molecule has 1 N–H and O–H groups in total. The second-order valence-electron chi connectivity index (χ2n) is 4.53. The Kier molecular flexibility index (Phi) is 5.75. The summed E-state index contributed by atoms with van der Waals surface area (Å²) < 4.78 is 0. The molecule has 2 rings (SSSR count). The van der Waals surface area contributed by atoms with E-state index >= 15 is 0 Å². The Balaban J connectivity index is 1.97. The first-order chi connectivity index (χ1) is 9.79. The van der Waals surface area contributed by atoms with E-state index in [9.17, 15) is 0 Å². The van der Waals surface area contributed by atoms with Gasteiger partial charge in [-0.15, -0.1) is 11.3 Å². The molecule has 0 saturated heterocycles. The Morgan fingerprint density at radius 1 is 1.30 bits per heavy atom. The van der Waals surface area contributed by atoms with Gasteiger partial charge in [0.25, 0.3) is 0 Å². The molecule has 2 aromatic heterocycles. The number of nitrogens with zero attached hydrogens (tertiary/aromatic N) is 2. The minimum absolute atomic E-state index is 0.117. The van der Waals surface area contributed by atoms with E-state index in [4.69, 9.17) is 5.11 Å². The Hall–Kier alpha value is -1.67. The highest BCUT2D eigenvalue weighted by molar-refractivity contribution is 7.10. The van der Waals surface area contributed by atoms with Crippen LogP contribution in [0.25, 0.3) is 0 Å². The first-order valence-electron chi connectivity index (χ1n) is 6.54. The molecule has 20 heavy (non-hydrogen) atoms. The van der Waals surface area contributed by atoms with Gasteiger partial charge in [-0.05, 0) is 30.6 Å². The van der Waals surface area contributed by atoms with Crippen LogP contribution >= 0.6 is 11.3 Å². The Morgan fingerprint density at radius 3 is 2.95 bits per heavy atom. The van der Waals surface area contributed by atoms with E-state index < -0.39 is 0 Å². The number of pyridine rings is 1. The van der Waals surface area contributed by atoms with Crippen LogP contribution in [0.2, 0.25) is 0 Å². The third-order valence-electron chi connectivity index (χ3n) is 2.78. The zero-order valence-electron chi connectivity index (χ0n) is 11.5. The van der Waals surface area contributed by atoms with E-state index in [2.05, 4.69) is 34.2 Å². The average molecular weight is 286 g/mol. The highest BCUT2D eigenvalue weighted by atomic mass is 32.1. The molecule has 0 fully saturated rings. The molecule has 4 heteroatoms. The summed E-state index contributed by atoms with van der Waals surface area (Å²) >= 11 is 1.72. The van der Waals surface area contributed by atoms with Crippen LogP contribution < -0.4 is 0 Å². The van der Waals surface area contributed by atoms with Crippen molar-refractivity contribution in [2.24, 2.45) is 0 Å². The predicted octanol–water partition coefficient (Wildman–Crippen LogP) is 2.51. The van der Waals surface area contributed by atoms with Crippen molar-refractivity contribution in [2.75, 3.05) is 13.7 Å². The van der Waals surface area contributed by atoms with Crippen LogP contribution in [0.5, 0.6) is 0 Å². The first kappa shape index (κ1) is 14.7. The normalized spacial score (nSPS) is 10.3. The number of rotatable bonds is 5. The second kappa shape index (κ2) is 7.81.